The minimum atomic E-state index is -0.500. The number of rotatable bonds is 0. The summed E-state index contributed by atoms with van der Waals surface area (Å²) in [6.07, 6.45) is 8.55. The second kappa shape index (κ2) is 10.6. The van der Waals surface area contributed by atoms with Crippen LogP contribution in [0.15, 0.2) is 0 Å². The second-order valence-corrected chi connectivity index (χ2v) is 13.5. The van der Waals surface area contributed by atoms with Gasteiger partial charge in [0.05, 0.1) is 16.4 Å². The number of piperidine rings is 4. The van der Waals surface area contributed by atoms with Crippen molar-refractivity contribution >= 4 is 40.9 Å². The number of fused-ring (bicyclic) bond motifs is 4. The monoisotopic (exact) mass is 518 g/mol. The number of hydrogen-bond donors (Lipinski definition) is 1. The van der Waals surface area contributed by atoms with E-state index in [-0.39, 0.29) is 39.4 Å². The zero-order valence-electron chi connectivity index (χ0n) is 22.1. The van der Waals surface area contributed by atoms with Crippen molar-refractivity contribution in [3.63, 3.8) is 0 Å². The van der Waals surface area contributed by atoms with Gasteiger partial charge in [0.25, 0.3) is 0 Å². The van der Waals surface area contributed by atoms with E-state index < -0.39 is 5.60 Å². The minimum Gasteiger partial charge on any atom is -0.444 e. The molecule has 4 saturated heterocycles. The molecule has 6 nitrogen and oxygen atoms in total. The Morgan fingerprint density at radius 2 is 1.24 bits per heavy atom. The summed E-state index contributed by atoms with van der Waals surface area (Å²) in [5.74, 6) is 0.711. The molecule has 4 unspecified atom stereocenters. The smallest absolute Gasteiger partial charge is 0.411 e. The fourth-order valence-electron chi connectivity index (χ4n) is 6.64. The van der Waals surface area contributed by atoms with Crippen molar-refractivity contribution < 1.29 is 19.1 Å². The van der Waals surface area contributed by atoms with E-state index >= 15 is 0 Å². The first kappa shape index (κ1) is 29.4. The Morgan fingerprint density at radius 3 is 1.65 bits per heavy atom. The van der Waals surface area contributed by atoms with Crippen LogP contribution in [0.2, 0.25) is 0 Å². The average molecular weight is 520 g/mol. The molecular weight excluding hydrogens is 475 g/mol. The Hall–Kier alpha value is -0.850. The summed E-state index contributed by atoms with van der Waals surface area (Å²) in [5.41, 5.74) is -1.01. The van der Waals surface area contributed by atoms with Crippen molar-refractivity contribution in [2.75, 3.05) is 5.34 Å². The first-order valence-electron chi connectivity index (χ1n) is 12.5. The molecule has 1 amide bonds. The van der Waals surface area contributed by atoms with Crippen LogP contribution in [0, 0.1) is 0 Å². The molecule has 0 aromatic carbocycles. The van der Waals surface area contributed by atoms with Crippen molar-refractivity contribution in [3.8, 4) is 0 Å². The molecule has 1 N–H and O–H groups in total. The molecule has 4 heterocycles. The highest BCUT2D eigenvalue weighted by Gasteiger charge is 2.55. The Kier molecular flexibility index (Phi) is 9.19. The maximum atomic E-state index is 12.5. The van der Waals surface area contributed by atoms with Crippen LogP contribution in [-0.2, 0) is 14.3 Å². The maximum absolute atomic E-state index is 12.5. The molecule has 0 saturated carbocycles. The molecule has 0 aliphatic carbocycles. The number of Topliss-reactive ketones (excluding diaryl/α,β-unsaturated/α-hetero) is 2. The Balaban J connectivity index is 0.000000232. The number of nitrogens with zero attached hydrogens (tertiary/aromatic N) is 1. The summed E-state index contributed by atoms with van der Waals surface area (Å²) >= 11 is 9.53. The Bertz CT molecular complexity index is 743. The first-order chi connectivity index (χ1) is 15.5. The van der Waals surface area contributed by atoms with Gasteiger partial charge in [-0.1, -0.05) is 0 Å². The lowest BCUT2D eigenvalue weighted by Gasteiger charge is -2.57. The number of carbonyl (C=O) groups excluding carboxylic acids is 3. The van der Waals surface area contributed by atoms with Crippen LogP contribution >= 0.6 is 23.2 Å². The van der Waals surface area contributed by atoms with E-state index in [1.54, 1.807) is 0 Å². The largest absolute Gasteiger partial charge is 0.444 e. The minimum absolute atomic E-state index is 0.113. The molecule has 4 fully saturated rings. The zero-order valence-corrected chi connectivity index (χ0v) is 23.6. The number of amides is 1. The lowest BCUT2D eigenvalue weighted by atomic mass is 9.69. The van der Waals surface area contributed by atoms with Gasteiger partial charge in [0.2, 0.25) is 0 Å². The van der Waals surface area contributed by atoms with Crippen molar-refractivity contribution in [2.45, 2.75) is 140 Å². The van der Waals surface area contributed by atoms with Gasteiger partial charge in [-0.3, -0.25) is 14.5 Å². The molecule has 0 spiro atoms. The van der Waals surface area contributed by atoms with Crippen molar-refractivity contribution in [1.29, 1.82) is 0 Å². The molecule has 34 heavy (non-hydrogen) atoms. The fraction of sp³-hybridized carbons (Fsp3) is 0.885. The van der Waals surface area contributed by atoms with Gasteiger partial charge in [0.15, 0.2) is 0 Å². The molecule has 4 rings (SSSR count). The predicted molar refractivity (Wildman–Crippen MR) is 138 cm³/mol. The van der Waals surface area contributed by atoms with Gasteiger partial charge in [0, 0.05) is 36.8 Å². The van der Waals surface area contributed by atoms with E-state index in [4.69, 9.17) is 27.9 Å². The standard InChI is InChI=1S/C15H25NO3.C10H17NO.CH2Cl2/c1-13(2,3)19-12(18)16-14(4)7-6-8-15(16,5)10-11(17)9-14;1-9-4-3-5-10(2,11-9)7-8(12)6-9;2-1-3/h6-10H2,1-5H3;11H,3-7H2,1-2H3;1H2. The highest BCUT2D eigenvalue weighted by molar-refractivity contribution is 6.40. The van der Waals surface area contributed by atoms with Gasteiger partial charge in [-0.05, 0) is 87.0 Å². The summed E-state index contributed by atoms with van der Waals surface area (Å²) in [7, 11) is 0. The third-order valence-corrected chi connectivity index (χ3v) is 7.48. The lowest BCUT2D eigenvalue weighted by Crippen LogP contribution is -2.68. The molecule has 0 aromatic heterocycles. The van der Waals surface area contributed by atoms with Crippen LogP contribution in [0.1, 0.15) is 113 Å². The zero-order chi connectivity index (χ0) is 26.0. The SMILES string of the molecule is CC(C)(C)OC(=O)N1C2(C)CCCC1(C)CC(=O)C2.CC12CCCC(C)(CC(=O)C1)N2.ClCCl. The van der Waals surface area contributed by atoms with Crippen molar-refractivity contribution in [2.24, 2.45) is 0 Å². The third-order valence-electron chi connectivity index (χ3n) is 7.48. The van der Waals surface area contributed by atoms with Gasteiger partial charge in [-0.2, -0.15) is 0 Å². The van der Waals surface area contributed by atoms with Crippen LogP contribution < -0.4 is 5.32 Å². The lowest BCUT2D eigenvalue weighted by molar-refractivity contribution is -0.140. The average Bonchev–Trinajstić information content (AvgIpc) is 2.56. The van der Waals surface area contributed by atoms with Crippen LogP contribution in [0.3, 0.4) is 0 Å². The first-order valence-corrected chi connectivity index (χ1v) is 13.5. The van der Waals surface area contributed by atoms with Gasteiger partial charge in [-0.15, -0.1) is 23.2 Å². The summed E-state index contributed by atoms with van der Waals surface area (Å²) in [6, 6.07) is 0. The number of ketones is 2. The van der Waals surface area contributed by atoms with Crippen LogP contribution in [0.5, 0.6) is 0 Å². The van der Waals surface area contributed by atoms with E-state index in [9.17, 15) is 14.4 Å². The van der Waals surface area contributed by atoms with Crippen molar-refractivity contribution in [3.05, 3.63) is 0 Å². The number of carbonyl (C=O) groups is 3. The van der Waals surface area contributed by atoms with Gasteiger partial charge < -0.3 is 10.1 Å². The fourth-order valence-corrected chi connectivity index (χ4v) is 6.64. The highest BCUT2D eigenvalue weighted by Crippen LogP contribution is 2.47. The summed E-state index contributed by atoms with van der Waals surface area (Å²) < 4.78 is 5.55. The molecule has 4 aliphatic rings. The topological polar surface area (TPSA) is 75.7 Å². The molecule has 4 atom stereocenters. The van der Waals surface area contributed by atoms with Crippen molar-refractivity contribution in [1.82, 2.24) is 10.2 Å². The van der Waals surface area contributed by atoms with E-state index in [1.807, 2.05) is 39.5 Å². The van der Waals surface area contributed by atoms with Crippen LogP contribution in [-0.4, -0.2) is 55.7 Å². The molecule has 8 heteroatoms. The van der Waals surface area contributed by atoms with Gasteiger partial charge in [0.1, 0.15) is 17.2 Å². The molecule has 0 aromatic rings. The van der Waals surface area contributed by atoms with Crippen LogP contribution in [0.4, 0.5) is 4.79 Å². The molecular formula is C26H44Cl2N2O4. The number of nitrogens with one attached hydrogen (secondary N) is 1. The summed E-state index contributed by atoms with van der Waals surface area (Å²) in [6.45, 7) is 14.0. The normalized spacial score (nSPS) is 37.0. The van der Waals surface area contributed by atoms with Gasteiger partial charge >= 0.3 is 6.09 Å². The molecule has 4 aliphatic heterocycles. The maximum Gasteiger partial charge on any atom is 0.411 e. The number of halogens is 2. The Labute approximate surface area is 215 Å². The van der Waals surface area contributed by atoms with E-state index in [1.165, 1.54) is 6.42 Å². The predicted octanol–water partition coefficient (Wildman–Crippen LogP) is 6.35. The van der Waals surface area contributed by atoms with E-state index in [0.717, 1.165) is 44.9 Å². The number of hydrogen-bond acceptors (Lipinski definition) is 5. The van der Waals surface area contributed by atoms with Gasteiger partial charge in [-0.25, -0.2) is 4.79 Å². The molecule has 0 radical (unpaired) electrons. The Morgan fingerprint density at radius 1 is 0.853 bits per heavy atom. The quantitative estimate of drug-likeness (QED) is 0.378. The molecule has 4 bridgehead atoms. The number of ether oxygens (including phenoxy) is 1. The summed E-state index contributed by atoms with van der Waals surface area (Å²) in [4.78, 5) is 37.8. The van der Waals surface area contributed by atoms with E-state index in [0.29, 0.717) is 18.6 Å². The highest BCUT2D eigenvalue weighted by atomic mass is 35.5. The second-order valence-electron chi connectivity index (χ2n) is 12.6. The van der Waals surface area contributed by atoms with E-state index in [2.05, 4.69) is 19.2 Å². The third kappa shape index (κ3) is 7.33. The molecule has 196 valence electrons. The summed E-state index contributed by atoms with van der Waals surface area (Å²) in [5, 5.41) is 3.81. The number of alkyl halides is 2. The van der Waals surface area contributed by atoms with Crippen LogP contribution in [0.25, 0.3) is 0 Å².